The Balaban J connectivity index is 1.48. The standard InChI is InChI=1S/C24H26ClN3O4S/c1-14(2)32-24(30)21-17-6-4-5-7-20(17)33-23(21)26-22(29)18-10-11-28(27-18)13-31-19-9-8-16(25)12-15(19)3/h8-12,14H,4-7,13H2,1-3H3,(H,26,29). The first-order chi connectivity index (χ1) is 15.8. The quantitative estimate of drug-likeness (QED) is 0.436. The fraction of sp³-hybridized carbons (Fsp3) is 0.375. The predicted molar refractivity (Wildman–Crippen MR) is 129 cm³/mol. The molecule has 0 bridgehead atoms. The Hall–Kier alpha value is -2.84. The molecule has 3 aromatic rings. The molecule has 2 heterocycles. The molecule has 1 N–H and O–H groups in total. The SMILES string of the molecule is Cc1cc(Cl)ccc1OCn1ccc(C(=O)Nc2sc3c(c2C(=O)OC(C)C)CCCC3)n1. The zero-order valence-electron chi connectivity index (χ0n) is 18.8. The number of fused-ring (bicyclic) bond motifs is 1. The third-order valence-electron chi connectivity index (χ3n) is 5.31. The summed E-state index contributed by atoms with van der Waals surface area (Å²) in [5, 5.41) is 8.37. The Morgan fingerprint density at radius 1 is 1.24 bits per heavy atom. The van der Waals surface area contributed by atoms with Crippen LogP contribution in [-0.4, -0.2) is 27.8 Å². The zero-order valence-corrected chi connectivity index (χ0v) is 20.4. The van der Waals surface area contributed by atoms with Crippen molar-refractivity contribution in [3.05, 3.63) is 62.7 Å². The summed E-state index contributed by atoms with van der Waals surface area (Å²) in [6.07, 6.45) is 5.27. The number of carbonyl (C=O) groups is 2. The van der Waals surface area contributed by atoms with Crippen LogP contribution < -0.4 is 10.1 Å². The number of aryl methyl sites for hydroxylation is 2. The Labute approximate surface area is 201 Å². The maximum Gasteiger partial charge on any atom is 0.341 e. The van der Waals surface area contributed by atoms with E-state index >= 15 is 0 Å². The van der Waals surface area contributed by atoms with Crippen LogP contribution in [0.15, 0.2) is 30.5 Å². The van der Waals surface area contributed by atoms with Crippen LogP contribution >= 0.6 is 22.9 Å². The van der Waals surface area contributed by atoms with Crippen LogP contribution in [-0.2, 0) is 24.3 Å². The van der Waals surface area contributed by atoms with E-state index in [0.717, 1.165) is 41.7 Å². The number of halogens is 1. The van der Waals surface area contributed by atoms with Crippen molar-refractivity contribution in [2.75, 3.05) is 5.32 Å². The van der Waals surface area contributed by atoms with Gasteiger partial charge in [-0.3, -0.25) is 4.79 Å². The molecule has 0 fully saturated rings. The molecule has 1 amide bonds. The summed E-state index contributed by atoms with van der Waals surface area (Å²) in [5.74, 6) is -0.0797. The molecule has 7 nitrogen and oxygen atoms in total. The monoisotopic (exact) mass is 487 g/mol. The highest BCUT2D eigenvalue weighted by Crippen LogP contribution is 2.39. The van der Waals surface area contributed by atoms with Crippen molar-refractivity contribution in [3.8, 4) is 5.75 Å². The maximum atomic E-state index is 12.9. The van der Waals surface area contributed by atoms with Crippen molar-refractivity contribution in [2.45, 2.75) is 59.3 Å². The summed E-state index contributed by atoms with van der Waals surface area (Å²) in [7, 11) is 0. The van der Waals surface area contributed by atoms with Gasteiger partial charge in [0.2, 0.25) is 0 Å². The fourth-order valence-electron chi connectivity index (χ4n) is 3.78. The molecular weight excluding hydrogens is 462 g/mol. The minimum absolute atomic E-state index is 0.148. The molecule has 1 aliphatic carbocycles. The second-order valence-electron chi connectivity index (χ2n) is 8.25. The molecule has 0 unspecified atom stereocenters. The summed E-state index contributed by atoms with van der Waals surface area (Å²) in [5.41, 5.74) is 2.64. The topological polar surface area (TPSA) is 82.5 Å². The van der Waals surface area contributed by atoms with Crippen molar-refractivity contribution in [1.82, 2.24) is 9.78 Å². The van der Waals surface area contributed by atoms with E-state index in [2.05, 4.69) is 10.4 Å². The Morgan fingerprint density at radius 3 is 2.79 bits per heavy atom. The van der Waals surface area contributed by atoms with Gasteiger partial charge in [-0.2, -0.15) is 5.10 Å². The Morgan fingerprint density at radius 2 is 2.03 bits per heavy atom. The van der Waals surface area contributed by atoms with E-state index in [1.54, 1.807) is 24.4 Å². The van der Waals surface area contributed by atoms with Crippen LogP contribution in [0.5, 0.6) is 5.75 Å². The van der Waals surface area contributed by atoms with Crippen molar-refractivity contribution >= 4 is 39.8 Å². The van der Waals surface area contributed by atoms with Crippen LogP contribution in [0.4, 0.5) is 5.00 Å². The van der Waals surface area contributed by atoms with Gasteiger partial charge in [0.15, 0.2) is 12.4 Å². The van der Waals surface area contributed by atoms with Crippen LogP contribution in [0, 0.1) is 6.92 Å². The number of nitrogens with one attached hydrogen (secondary N) is 1. The van der Waals surface area contributed by atoms with Gasteiger partial charge in [0.1, 0.15) is 10.8 Å². The number of aromatic nitrogens is 2. The Bertz CT molecular complexity index is 1180. The molecule has 0 aliphatic heterocycles. The molecule has 4 rings (SSSR count). The molecule has 174 valence electrons. The number of amides is 1. The van der Waals surface area contributed by atoms with Crippen molar-refractivity contribution in [1.29, 1.82) is 0 Å². The van der Waals surface area contributed by atoms with Gasteiger partial charge in [0.05, 0.1) is 11.7 Å². The lowest BCUT2D eigenvalue weighted by atomic mass is 9.95. The summed E-state index contributed by atoms with van der Waals surface area (Å²) >= 11 is 7.44. The largest absolute Gasteiger partial charge is 0.471 e. The minimum atomic E-state index is -0.392. The second kappa shape index (κ2) is 9.97. The molecule has 0 spiro atoms. The third kappa shape index (κ3) is 5.39. The highest BCUT2D eigenvalue weighted by Gasteiger charge is 2.28. The highest BCUT2D eigenvalue weighted by atomic mass is 35.5. The number of thiophene rings is 1. The van der Waals surface area contributed by atoms with Gasteiger partial charge in [-0.05, 0) is 81.8 Å². The smallest absolute Gasteiger partial charge is 0.341 e. The van der Waals surface area contributed by atoms with Gasteiger partial charge >= 0.3 is 5.97 Å². The first-order valence-electron chi connectivity index (χ1n) is 10.9. The van der Waals surface area contributed by atoms with Gasteiger partial charge in [0.25, 0.3) is 5.91 Å². The number of anilines is 1. The summed E-state index contributed by atoms with van der Waals surface area (Å²) in [6.45, 7) is 5.69. The van der Waals surface area contributed by atoms with Crippen molar-refractivity contribution in [2.24, 2.45) is 0 Å². The van der Waals surface area contributed by atoms with E-state index in [9.17, 15) is 9.59 Å². The molecule has 1 aromatic carbocycles. The van der Waals surface area contributed by atoms with Crippen molar-refractivity contribution < 1.29 is 19.1 Å². The summed E-state index contributed by atoms with van der Waals surface area (Å²) in [4.78, 5) is 26.8. The van der Waals surface area contributed by atoms with Gasteiger partial charge in [-0.15, -0.1) is 11.3 Å². The molecule has 1 aliphatic rings. The van der Waals surface area contributed by atoms with E-state index in [1.807, 2.05) is 26.8 Å². The van der Waals surface area contributed by atoms with E-state index in [4.69, 9.17) is 21.1 Å². The summed E-state index contributed by atoms with van der Waals surface area (Å²) in [6, 6.07) is 6.99. The Kier molecular flexibility index (Phi) is 7.05. The van der Waals surface area contributed by atoms with E-state index in [1.165, 1.54) is 16.0 Å². The normalized spacial score (nSPS) is 13.0. The lowest BCUT2D eigenvalue weighted by molar-refractivity contribution is 0.0378. The van der Waals surface area contributed by atoms with Gasteiger partial charge in [-0.1, -0.05) is 11.6 Å². The zero-order chi connectivity index (χ0) is 23.5. The lowest BCUT2D eigenvalue weighted by Crippen LogP contribution is -2.18. The van der Waals surface area contributed by atoms with Gasteiger partial charge in [-0.25, -0.2) is 9.48 Å². The highest BCUT2D eigenvalue weighted by molar-refractivity contribution is 7.17. The number of hydrogen-bond donors (Lipinski definition) is 1. The van der Waals surface area contributed by atoms with Crippen LogP contribution in [0.1, 0.15) is 63.5 Å². The average molecular weight is 488 g/mol. The third-order valence-corrected chi connectivity index (χ3v) is 6.75. The number of carbonyl (C=O) groups excluding carboxylic acids is 2. The molecular formula is C24H26ClN3O4S. The van der Waals surface area contributed by atoms with E-state index in [-0.39, 0.29) is 24.4 Å². The first-order valence-corrected chi connectivity index (χ1v) is 12.1. The molecule has 9 heteroatoms. The number of rotatable bonds is 7. The van der Waals surface area contributed by atoms with E-state index < -0.39 is 5.97 Å². The average Bonchev–Trinajstić information content (AvgIpc) is 3.37. The number of benzene rings is 1. The van der Waals surface area contributed by atoms with Gasteiger partial charge < -0.3 is 14.8 Å². The number of esters is 1. The van der Waals surface area contributed by atoms with Crippen molar-refractivity contribution in [3.63, 3.8) is 0 Å². The van der Waals surface area contributed by atoms with E-state index in [0.29, 0.717) is 21.3 Å². The van der Waals surface area contributed by atoms with Crippen LogP contribution in [0.25, 0.3) is 0 Å². The molecule has 0 atom stereocenters. The number of nitrogens with zero attached hydrogens (tertiary/aromatic N) is 2. The van der Waals surface area contributed by atoms with Crippen LogP contribution in [0.2, 0.25) is 5.02 Å². The first kappa shape index (κ1) is 23.3. The predicted octanol–water partition coefficient (Wildman–Crippen LogP) is 5.64. The maximum absolute atomic E-state index is 12.9. The summed E-state index contributed by atoms with van der Waals surface area (Å²) < 4.78 is 12.8. The number of ether oxygens (including phenoxy) is 2. The molecule has 33 heavy (non-hydrogen) atoms. The van der Waals surface area contributed by atoms with Gasteiger partial charge in [0, 0.05) is 16.1 Å². The molecule has 2 aromatic heterocycles. The molecule has 0 saturated heterocycles. The van der Waals surface area contributed by atoms with Crippen LogP contribution in [0.3, 0.4) is 0 Å². The second-order valence-corrected chi connectivity index (χ2v) is 9.79. The minimum Gasteiger partial charge on any atom is -0.471 e. The lowest BCUT2D eigenvalue weighted by Gasteiger charge is -2.14. The number of hydrogen-bond acceptors (Lipinski definition) is 6. The molecule has 0 radical (unpaired) electrons. The molecule has 0 saturated carbocycles. The fourth-order valence-corrected chi connectivity index (χ4v) is 5.27.